The van der Waals surface area contributed by atoms with Crippen LogP contribution in [0.25, 0.3) is 0 Å². The van der Waals surface area contributed by atoms with Gasteiger partial charge in [-0.2, -0.15) is 5.26 Å². The van der Waals surface area contributed by atoms with Gasteiger partial charge in [0.05, 0.1) is 30.1 Å². The first kappa shape index (κ1) is 8.99. The molecule has 0 spiro atoms. The van der Waals surface area contributed by atoms with Crippen molar-refractivity contribution in [3.8, 4) is 6.07 Å². The van der Waals surface area contributed by atoms with Gasteiger partial charge in [0.1, 0.15) is 11.5 Å². The van der Waals surface area contributed by atoms with E-state index >= 15 is 0 Å². The molecule has 2 aliphatic rings. The van der Waals surface area contributed by atoms with E-state index in [2.05, 4.69) is 6.07 Å². The van der Waals surface area contributed by atoms with Gasteiger partial charge in [-0.25, -0.2) is 0 Å². The van der Waals surface area contributed by atoms with Gasteiger partial charge in [0.2, 0.25) is 0 Å². The van der Waals surface area contributed by atoms with Crippen LogP contribution in [-0.4, -0.2) is 13.2 Å². The minimum Gasteiger partial charge on any atom is -0.466 e. The molecule has 0 unspecified atom stereocenters. The van der Waals surface area contributed by atoms with Crippen LogP contribution in [0.5, 0.6) is 0 Å². The molecule has 1 aliphatic carbocycles. The maximum Gasteiger partial charge on any atom is 0.116 e. The summed E-state index contributed by atoms with van der Waals surface area (Å²) in [5.41, 5.74) is -0.369. The Morgan fingerprint density at radius 2 is 2.07 bits per heavy atom. The van der Waals surface area contributed by atoms with Crippen LogP contribution in [0.3, 0.4) is 0 Å². The first-order chi connectivity index (χ1) is 7.22. The summed E-state index contributed by atoms with van der Waals surface area (Å²) in [5.74, 6) is 1.84. The number of furan rings is 1. The minimum atomic E-state index is -0.213. The molecule has 1 aliphatic heterocycles. The zero-order chi connectivity index (χ0) is 10.5. The molecule has 78 valence electrons. The molecule has 0 aromatic carbocycles. The quantitative estimate of drug-likeness (QED) is 0.739. The number of hydrogen-bond donors (Lipinski definition) is 0. The first-order valence-electron chi connectivity index (χ1n) is 5.28. The Labute approximate surface area is 88.6 Å². The fraction of sp³-hybridized carbons (Fsp3) is 0.583. The number of rotatable bonds is 2. The maximum atomic E-state index is 9.28. The van der Waals surface area contributed by atoms with Crippen LogP contribution in [0, 0.1) is 23.7 Å². The summed E-state index contributed by atoms with van der Waals surface area (Å²) in [7, 11) is 0. The van der Waals surface area contributed by atoms with Gasteiger partial charge in [-0.3, -0.25) is 0 Å². The molecule has 0 radical (unpaired) electrons. The summed E-state index contributed by atoms with van der Waals surface area (Å²) in [6, 6.07) is 6.42. The van der Waals surface area contributed by atoms with Gasteiger partial charge >= 0.3 is 0 Å². The summed E-state index contributed by atoms with van der Waals surface area (Å²) >= 11 is 0. The topological polar surface area (TPSA) is 46.2 Å². The van der Waals surface area contributed by atoms with Crippen LogP contribution in [0.1, 0.15) is 24.4 Å². The normalized spacial score (nSPS) is 25.3. The van der Waals surface area contributed by atoms with Gasteiger partial charge in [0.15, 0.2) is 0 Å². The summed E-state index contributed by atoms with van der Waals surface area (Å²) in [4.78, 5) is 0. The average molecular weight is 203 g/mol. The van der Waals surface area contributed by atoms with E-state index in [9.17, 15) is 5.26 Å². The molecule has 3 nitrogen and oxygen atoms in total. The van der Waals surface area contributed by atoms with Crippen LogP contribution in [0.2, 0.25) is 0 Å². The van der Waals surface area contributed by atoms with E-state index in [1.165, 1.54) is 0 Å². The van der Waals surface area contributed by atoms with Gasteiger partial charge in [-0.1, -0.05) is 0 Å². The Morgan fingerprint density at radius 3 is 2.40 bits per heavy atom. The lowest BCUT2D eigenvalue weighted by Crippen LogP contribution is -2.53. The number of nitrogens with zero attached hydrogens (tertiary/aromatic N) is 1. The molecule has 3 rings (SSSR count). The second-order valence-electron chi connectivity index (χ2n) is 4.68. The van der Waals surface area contributed by atoms with E-state index in [0.29, 0.717) is 13.2 Å². The van der Waals surface area contributed by atoms with Crippen molar-refractivity contribution in [2.24, 2.45) is 5.41 Å². The van der Waals surface area contributed by atoms with Gasteiger partial charge in [0.25, 0.3) is 0 Å². The zero-order valence-electron chi connectivity index (χ0n) is 8.75. The lowest BCUT2D eigenvalue weighted by atomic mass is 9.69. The van der Waals surface area contributed by atoms with Crippen molar-refractivity contribution in [2.45, 2.75) is 25.2 Å². The molecule has 0 amide bonds. The first-order valence-corrected chi connectivity index (χ1v) is 5.28. The molecule has 3 heteroatoms. The fourth-order valence-corrected chi connectivity index (χ4v) is 2.47. The van der Waals surface area contributed by atoms with Crippen LogP contribution in [0.15, 0.2) is 16.5 Å². The van der Waals surface area contributed by atoms with E-state index in [0.717, 1.165) is 24.4 Å². The maximum absolute atomic E-state index is 9.28. The van der Waals surface area contributed by atoms with Crippen molar-refractivity contribution in [1.29, 1.82) is 5.26 Å². The van der Waals surface area contributed by atoms with Crippen molar-refractivity contribution in [1.82, 2.24) is 0 Å². The van der Waals surface area contributed by atoms with E-state index in [1.54, 1.807) is 0 Å². The summed E-state index contributed by atoms with van der Waals surface area (Å²) in [6.45, 7) is 3.20. The molecule has 0 atom stereocenters. The molecule has 1 aromatic heterocycles. The smallest absolute Gasteiger partial charge is 0.116 e. The SMILES string of the molecule is Cc1ccc(C2(C3(C#N)CC3)COC2)o1. The molecule has 2 fully saturated rings. The fourth-order valence-electron chi connectivity index (χ4n) is 2.47. The van der Waals surface area contributed by atoms with Gasteiger partial charge in [-0.15, -0.1) is 0 Å². The highest BCUT2D eigenvalue weighted by molar-refractivity contribution is 5.34. The number of ether oxygens (including phenoxy) is 1. The number of aryl methyl sites for hydroxylation is 1. The third-order valence-corrected chi connectivity index (χ3v) is 3.79. The van der Waals surface area contributed by atoms with Gasteiger partial charge < -0.3 is 9.15 Å². The number of hydrogen-bond acceptors (Lipinski definition) is 3. The van der Waals surface area contributed by atoms with Crippen molar-refractivity contribution in [3.63, 3.8) is 0 Å². The third-order valence-electron chi connectivity index (χ3n) is 3.79. The molecule has 0 bridgehead atoms. The van der Waals surface area contributed by atoms with Crippen molar-refractivity contribution in [2.75, 3.05) is 13.2 Å². The van der Waals surface area contributed by atoms with Crippen LogP contribution in [-0.2, 0) is 10.2 Å². The van der Waals surface area contributed by atoms with E-state index in [4.69, 9.17) is 9.15 Å². The second-order valence-corrected chi connectivity index (χ2v) is 4.68. The van der Waals surface area contributed by atoms with E-state index in [-0.39, 0.29) is 10.8 Å². The average Bonchev–Trinajstić information content (AvgIpc) is 2.83. The Hall–Kier alpha value is -1.27. The van der Waals surface area contributed by atoms with Gasteiger partial charge in [-0.05, 0) is 31.9 Å². The standard InChI is InChI=1S/C12H13NO2/c1-9-2-3-10(15-9)12(7-14-8-12)11(6-13)4-5-11/h2-3H,4-5,7-8H2,1H3. The Balaban J connectivity index is 2.04. The monoisotopic (exact) mass is 203 g/mol. The second kappa shape index (κ2) is 2.65. The predicted molar refractivity (Wildman–Crippen MR) is 53.2 cm³/mol. The predicted octanol–water partition coefficient (Wildman–Crippen LogP) is 2.16. The Kier molecular flexibility index (Phi) is 1.59. The highest BCUT2D eigenvalue weighted by atomic mass is 16.5. The Bertz CT molecular complexity index is 433. The largest absolute Gasteiger partial charge is 0.466 e. The van der Waals surface area contributed by atoms with Crippen LogP contribution < -0.4 is 0 Å². The zero-order valence-corrected chi connectivity index (χ0v) is 8.75. The molecule has 0 N–H and O–H groups in total. The Morgan fingerprint density at radius 1 is 1.33 bits per heavy atom. The van der Waals surface area contributed by atoms with Crippen LogP contribution in [0.4, 0.5) is 0 Å². The summed E-state index contributed by atoms with van der Waals surface area (Å²) in [6.07, 6.45) is 1.96. The van der Waals surface area contributed by atoms with Crippen LogP contribution >= 0.6 is 0 Å². The molecule has 1 saturated carbocycles. The molecule has 1 aromatic rings. The molecule has 15 heavy (non-hydrogen) atoms. The lowest BCUT2D eigenvalue weighted by molar-refractivity contribution is -0.0968. The summed E-state index contributed by atoms with van der Waals surface area (Å²) in [5, 5.41) is 9.28. The third kappa shape index (κ3) is 0.977. The minimum absolute atomic E-state index is 0.157. The van der Waals surface area contributed by atoms with Crippen molar-refractivity contribution >= 4 is 0 Å². The summed E-state index contributed by atoms with van der Waals surface area (Å²) < 4.78 is 11.0. The number of nitriles is 1. The molecule has 1 saturated heterocycles. The van der Waals surface area contributed by atoms with E-state index < -0.39 is 0 Å². The molecule has 2 heterocycles. The molecular weight excluding hydrogens is 190 g/mol. The lowest BCUT2D eigenvalue weighted by Gasteiger charge is -2.43. The van der Waals surface area contributed by atoms with E-state index in [1.807, 2.05) is 19.1 Å². The van der Waals surface area contributed by atoms with Gasteiger partial charge in [0, 0.05) is 0 Å². The highest BCUT2D eigenvalue weighted by Gasteiger charge is 2.66. The molecular formula is C12H13NO2. The van der Waals surface area contributed by atoms with Crippen molar-refractivity contribution in [3.05, 3.63) is 23.7 Å². The van der Waals surface area contributed by atoms with Crippen molar-refractivity contribution < 1.29 is 9.15 Å². The highest BCUT2D eigenvalue weighted by Crippen LogP contribution is 2.62.